The number of nitrogens with two attached hydrogens (primary N) is 2. The van der Waals surface area contributed by atoms with Crippen LogP contribution in [0.15, 0.2) is 4.99 Å². The number of guanidine groups is 1. The van der Waals surface area contributed by atoms with Crippen molar-refractivity contribution in [3.63, 3.8) is 0 Å². The Balaban J connectivity index is 4.39. The predicted octanol–water partition coefficient (Wildman–Crippen LogP) is 0.217. The lowest BCUT2D eigenvalue weighted by Gasteiger charge is -2.34. The van der Waals surface area contributed by atoms with E-state index in [1.165, 1.54) is 0 Å². The highest BCUT2D eigenvalue weighted by Crippen LogP contribution is 2.17. The van der Waals surface area contributed by atoms with Gasteiger partial charge in [-0.05, 0) is 32.7 Å². The van der Waals surface area contributed by atoms with Crippen LogP contribution in [0.2, 0.25) is 32.7 Å². The molecule has 90 valence electrons. The molecule has 0 aliphatic rings. The molecule has 0 heterocycles. The van der Waals surface area contributed by atoms with Gasteiger partial charge in [-0.1, -0.05) is 0 Å². The largest absolute Gasteiger partial charge is 0.454 e. The molecule has 5 nitrogen and oxygen atoms in total. The first-order valence-electron chi connectivity index (χ1n) is 4.98. The summed E-state index contributed by atoms with van der Waals surface area (Å²) in [4.78, 5) is 3.81. The topological polar surface area (TPSA) is 93.9 Å². The summed E-state index contributed by atoms with van der Waals surface area (Å²) in [5.41, 5.74) is 9.86. The van der Waals surface area contributed by atoms with E-state index in [2.05, 4.69) is 24.6 Å². The van der Waals surface area contributed by atoms with Gasteiger partial charge in [0.15, 0.2) is 14.3 Å². The first kappa shape index (κ1) is 14.6. The highest BCUT2D eigenvalue weighted by molar-refractivity contribution is 6.84. The molecule has 0 rings (SSSR count). The van der Waals surface area contributed by atoms with Gasteiger partial charge in [-0.3, -0.25) is 4.99 Å². The molecule has 0 aromatic rings. The van der Waals surface area contributed by atoms with Crippen molar-refractivity contribution in [2.45, 2.75) is 38.5 Å². The van der Waals surface area contributed by atoms with Crippen LogP contribution in [0.3, 0.4) is 0 Å². The number of rotatable bonds is 5. The van der Waals surface area contributed by atoms with E-state index in [0.717, 1.165) is 0 Å². The summed E-state index contributed by atoms with van der Waals surface area (Å²) >= 11 is 0. The van der Waals surface area contributed by atoms with Crippen LogP contribution >= 0.6 is 0 Å². The van der Waals surface area contributed by atoms with Crippen LogP contribution in [0, 0.1) is 0 Å². The maximum absolute atomic E-state index is 9.93. The third-order valence-corrected chi connectivity index (χ3v) is 8.16. The summed E-state index contributed by atoms with van der Waals surface area (Å²) in [5, 5.41) is 9.93. The summed E-state index contributed by atoms with van der Waals surface area (Å²) in [5.74, 6) is 0.00635. The molecule has 0 spiro atoms. The molecule has 1 atom stereocenters. The smallest absolute Gasteiger partial charge is 0.204 e. The Morgan fingerprint density at radius 3 is 2.07 bits per heavy atom. The normalized spacial score (nSPS) is 14.8. The lowest BCUT2D eigenvalue weighted by molar-refractivity contribution is 0.231. The van der Waals surface area contributed by atoms with Gasteiger partial charge in [-0.15, -0.1) is 0 Å². The highest BCUT2D eigenvalue weighted by Gasteiger charge is 2.36. The Bertz CT molecular complexity index is 235. The zero-order valence-electron chi connectivity index (χ0n) is 10.2. The standard InChI is InChI=1S/C8H23N3O2Si2/c1-14(2,3)13-15(4,5)7(12)6-11-8(9)10/h7,12H,6H2,1-5H3,(H4,9,10,11). The van der Waals surface area contributed by atoms with Crippen LogP contribution < -0.4 is 11.5 Å². The van der Waals surface area contributed by atoms with Crippen molar-refractivity contribution in [3.05, 3.63) is 0 Å². The second kappa shape index (κ2) is 5.10. The third-order valence-electron chi connectivity index (χ3n) is 1.82. The number of aliphatic imine (C=N–C) groups is 1. The molecule has 0 radical (unpaired) electrons. The average molecular weight is 249 g/mol. The van der Waals surface area contributed by atoms with E-state index in [4.69, 9.17) is 15.6 Å². The molecular formula is C8H23N3O2Si2. The molecule has 7 heteroatoms. The summed E-state index contributed by atoms with van der Waals surface area (Å²) in [6.07, 6.45) is 0. The van der Waals surface area contributed by atoms with Gasteiger partial charge >= 0.3 is 0 Å². The van der Waals surface area contributed by atoms with Gasteiger partial charge in [-0.25, -0.2) is 0 Å². The van der Waals surface area contributed by atoms with Gasteiger partial charge < -0.3 is 20.7 Å². The van der Waals surface area contributed by atoms with E-state index in [9.17, 15) is 5.11 Å². The van der Waals surface area contributed by atoms with E-state index < -0.39 is 22.4 Å². The fraction of sp³-hybridized carbons (Fsp3) is 0.875. The first-order chi connectivity index (χ1) is 6.54. The minimum atomic E-state index is -2.11. The molecular weight excluding hydrogens is 226 g/mol. The molecule has 0 saturated carbocycles. The summed E-state index contributed by atoms with van der Waals surface area (Å²) in [6.45, 7) is 10.5. The second-order valence-electron chi connectivity index (χ2n) is 5.10. The van der Waals surface area contributed by atoms with Crippen molar-refractivity contribution in [1.29, 1.82) is 0 Å². The van der Waals surface area contributed by atoms with E-state index in [1.54, 1.807) is 0 Å². The van der Waals surface area contributed by atoms with Crippen molar-refractivity contribution < 1.29 is 9.22 Å². The van der Waals surface area contributed by atoms with Crippen molar-refractivity contribution in [2.24, 2.45) is 16.5 Å². The Hall–Kier alpha value is -0.376. The van der Waals surface area contributed by atoms with Crippen LogP contribution in [0.1, 0.15) is 0 Å². The lowest BCUT2D eigenvalue weighted by atomic mass is 10.7. The molecule has 0 bridgehead atoms. The van der Waals surface area contributed by atoms with Crippen molar-refractivity contribution in [1.82, 2.24) is 0 Å². The van der Waals surface area contributed by atoms with Crippen molar-refractivity contribution in [3.8, 4) is 0 Å². The number of aliphatic hydroxyl groups excluding tert-OH is 1. The van der Waals surface area contributed by atoms with E-state index >= 15 is 0 Å². The van der Waals surface area contributed by atoms with Gasteiger partial charge in [0.2, 0.25) is 8.32 Å². The molecule has 5 N–H and O–H groups in total. The Kier molecular flexibility index (Phi) is 4.98. The van der Waals surface area contributed by atoms with Crippen LogP contribution in [0.4, 0.5) is 0 Å². The summed E-state index contributed by atoms with van der Waals surface area (Å²) in [6, 6.07) is 0. The van der Waals surface area contributed by atoms with Gasteiger partial charge in [0, 0.05) is 0 Å². The number of hydrogen-bond acceptors (Lipinski definition) is 3. The molecule has 0 aliphatic carbocycles. The fourth-order valence-corrected chi connectivity index (χ4v) is 8.66. The fourth-order valence-electron chi connectivity index (χ4n) is 1.27. The Labute approximate surface area is 93.8 Å². The number of hydrogen-bond donors (Lipinski definition) is 3. The van der Waals surface area contributed by atoms with Crippen LogP contribution in [0.25, 0.3) is 0 Å². The summed E-state index contributed by atoms with van der Waals surface area (Å²) in [7, 11) is -3.73. The minimum Gasteiger partial charge on any atom is -0.454 e. The van der Waals surface area contributed by atoms with Gasteiger partial charge in [0.1, 0.15) is 0 Å². The van der Waals surface area contributed by atoms with Crippen molar-refractivity contribution >= 4 is 22.6 Å². The predicted molar refractivity (Wildman–Crippen MR) is 68.6 cm³/mol. The van der Waals surface area contributed by atoms with Gasteiger partial charge in [0.25, 0.3) is 0 Å². The minimum absolute atomic E-state index is 0.00635. The molecule has 0 amide bonds. The number of nitrogens with zero attached hydrogens (tertiary/aromatic N) is 1. The maximum Gasteiger partial charge on any atom is 0.204 e. The second-order valence-corrected chi connectivity index (χ2v) is 14.0. The lowest BCUT2D eigenvalue weighted by Crippen LogP contribution is -2.52. The molecule has 0 aromatic carbocycles. The Morgan fingerprint density at radius 1 is 1.27 bits per heavy atom. The molecule has 15 heavy (non-hydrogen) atoms. The zero-order valence-corrected chi connectivity index (χ0v) is 12.2. The zero-order chi connectivity index (χ0) is 12.3. The van der Waals surface area contributed by atoms with E-state index in [-0.39, 0.29) is 12.5 Å². The van der Waals surface area contributed by atoms with Crippen LogP contribution in [-0.4, -0.2) is 40.0 Å². The molecule has 1 unspecified atom stereocenters. The van der Waals surface area contributed by atoms with Gasteiger partial charge in [0.05, 0.1) is 12.3 Å². The van der Waals surface area contributed by atoms with Crippen LogP contribution in [0.5, 0.6) is 0 Å². The molecule has 0 aliphatic heterocycles. The number of aliphatic hydroxyl groups is 1. The first-order valence-corrected chi connectivity index (χ1v) is 11.4. The maximum atomic E-state index is 9.93. The molecule has 0 aromatic heterocycles. The SMILES string of the molecule is C[Si](C)(C)O[Si](C)(C)C(O)CN=C(N)N. The van der Waals surface area contributed by atoms with Crippen LogP contribution in [-0.2, 0) is 4.12 Å². The average Bonchev–Trinajstić information content (AvgIpc) is 1.94. The molecule has 0 saturated heterocycles. The summed E-state index contributed by atoms with van der Waals surface area (Å²) < 4.78 is 6.00. The van der Waals surface area contributed by atoms with E-state index in [1.807, 2.05) is 13.1 Å². The quantitative estimate of drug-likeness (QED) is 0.369. The van der Waals surface area contributed by atoms with Crippen molar-refractivity contribution in [2.75, 3.05) is 6.54 Å². The monoisotopic (exact) mass is 249 g/mol. The third kappa shape index (κ3) is 6.66. The van der Waals surface area contributed by atoms with E-state index in [0.29, 0.717) is 0 Å². The highest BCUT2D eigenvalue weighted by atomic mass is 28.4. The Morgan fingerprint density at radius 2 is 1.73 bits per heavy atom. The molecule has 0 fully saturated rings. The van der Waals surface area contributed by atoms with Gasteiger partial charge in [-0.2, -0.15) is 0 Å².